The van der Waals surface area contributed by atoms with Crippen molar-refractivity contribution in [3.05, 3.63) is 53.1 Å². The van der Waals surface area contributed by atoms with Crippen molar-refractivity contribution < 1.29 is 40.6 Å². The van der Waals surface area contributed by atoms with Crippen LogP contribution in [-0.2, 0) is 12.4 Å². The Hall–Kier alpha value is -1.68. The van der Waals surface area contributed by atoms with Crippen molar-refractivity contribution in [2.45, 2.75) is 52.3 Å². The number of carbonyl (C=O) groups excluding carboxylic acids is 1. The Bertz CT molecular complexity index is 910. The van der Waals surface area contributed by atoms with Crippen molar-refractivity contribution in [1.29, 1.82) is 0 Å². The van der Waals surface area contributed by atoms with Crippen LogP contribution in [0.2, 0.25) is 0 Å². The third-order valence-electron chi connectivity index (χ3n) is 3.84. The average molecular weight is 474 g/mol. The van der Waals surface area contributed by atoms with E-state index in [2.05, 4.69) is 0 Å². The van der Waals surface area contributed by atoms with Gasteiger partial charge in [-0.15, -0.1) is 0 Å². The summed E-state index contributed by atoms with van der Waals surface area (Å²) in [7, 11) is -1.02. The van der Waals surface area contributed by atoms with Gasteiger partial charge in [-0.25, -0.2) is 0 Å². The molecular weight excluding hydrogens is 452 g/mol. The second-order valence-electron chi connectivity index (χ2n) is 7.17. The Morgan fingerprint density at radius 2 is 1.34 bits per heavy atom. The molecule has 3 nitrogen and oxygen atoms in total. The zero-order valence-electron chi connectivity index (χ0n) is 17.1. The first-order valence-electron chi connectivity index (χ1n) is 9.26. The van der Waals surface area contributed by atoms with E-state index in [4.69, 9.17) is 9.47 Å². The van der Waals surface area contributed by atoms with Gasteiger partial charge in [0.2, 0.25) is 0 Å². The minimum absolute atomic E-state index is 0. The van der Waals surface area contributed by atoms with E-state index in [1.54, 1.807) is 27.7 Å². The second-order valence-corrected chi connectivity index (χ2v) is 8.41. The number of carbonyl (C=O) groups is 1. The molecule has 1 atom stereocenters. The molecule has 0 N–H and O–H groups in total. The topological polar surface area (TPSA) is 35.5 Å². The van der Waals surface area contributed by atoms with E-state index < -0.39 is 43.1 Å². The van der Waals surface area contributed by atoms with E-state index in [-0.39, 0.29) is 42.1 Å². The Labute approximate surface area is 195 Å². The van der Waals surface area contributed by atoms with Crippen LogP contribution in [0, 0.1) is 0 Å². The van der Waals surface area contributed by atoms with Gasteiger partial charge in [-0.1, -0.05) is 6.07 Å². The van der Waals surface area contributed by atoms with Gasteiger partial charge in [-0.3, -0.25) is 4.79 Å². The molecule has 1 unspecified atom stereocenters. The van der Waals surface area contributed by atoms with Gasteiger partial charge in [0.05, 0.1) is 23.3 Å². The second kappa shape index (κ2) is 11.0. The van der Waals surface area contributed by atoms with E-state index >= 15 is 0 Å². The Morgan fingerprint density at radius 1 is 0.844 bits per heavy atom. The third-order valence-corrected chi connectivity index (χ3v) is 5.00. The summed E-state index contributed by atoms with van der Waals surface area (Å²) < 4.78 is 91.5. The number of benzene rings is 2. The van der Waals surface area contributed by atoms with Crippen LogP contribution in [0.15, 0.2) is 36.4 Å². The molecule has 0 aliphatic heterocycles. The maximum absolute atomic E-state index is 13.4. The van der Waals surface area contributed by atoms with Crippen LogP contribution < -0.4 is 14.8 Å². The van der Waals surface area contributed by atoms with Crippen molar-refractivity contribution in [1.82, 2.24) is 0 Å². The Morgan fingerprint density at radius 3 is 1.78 bits per heavy atom. The molecule has 0 aliphatic rings. The van der Waals surface area contributed by atoms with Crippen molar-refractivity contribution in [3.8, 4) is 11.5 Å². The van der Waals surface area contributed by atoms with Gasteiger partial charge in [0.15, 0.2) is 5.52 Å². The van der Waals surface area contributed by atoms with Crippen LogP contribution in [0.25, 0.3) is 0 Å². The molecule has 0 aliphatic carbocycles. The van der Waals surface area contributed by atoms with Crippen molar-refractivity contribution in [2.24, 2.45) is 0 Å². The number of ether oxygens (including phenoxy) is 2. The van der Waals surface area contributed by atoms with E-state index in [9.17, 15) is 31.1 Å². The zero-order valence-corrected chi connectivity index (χ0v) is 18.1. The summed E-state index contributed by atoms with van der Waals surface area (Å²) in [5, 5.41) is 0.180. The van der Waals surface area contributed by atoms with Crippen molar-refractivity contribution >= 4 is 38.3 Å². The SMILES string of the molecule is CC(C)Oc1ccc(PC(=O)c2c(C(F)(F)F)cccc2C(F)(F)F)c(OC(C)C)c1.[LiH]. The van der Waals surface area contributed by atoms with Crippen LogP contribution in [0.5, 0.6) is 11.5 Å². The Kier molecular flexibility index (Phi) is 9.71. The van der Waals surface area contributed by atoms with E-state index in [1.807, 2.05) is 0 Å². The minimum atomic E-state index is -5.12. The standard InChI is InChI=1S/C21H21F6O3P.Li.H/c1-11(2)29-13-8-9-17(16(10-13)30-12(3)4)31-19(28)18-14(20(22,23)24)6-5-7-15(18)21(25,26)27;;/h5-12,31H,1-4H3;;. The van der Waals surface area contributed by atoms with Gasteiger partial charge in [-0.2, -0.15) is 26.3 Å². The van der Waals surface area contributed by atoms with E-state index in [0.717, 1.165) is 0 Å². The molecular formula is C21H22F6LiO3P. The van der Waals surface area contributed by atoms with Crippen LogP contribution in [0.3, 0.4) is 0 Å². The molecule has 0 spiro atoms. The summed E-state index contributed by atoms with van der Waals surface area (Å²) >= 11 is 0. The van der Waals surface area contributed by atoms with Crippen molar-refractivity contribution in [3.63, 3.8) is 0 Å². The molecule has 0 radical (unpaired) electrons. The quantitative estimate of drug-likeness (QED) is 0.289. The number of rotatable bonds is 7. The van der Waals surface area contributed by atoms with Crippen molar-refractivity contribution in [2.75, 3.05) is 0 Å². The van der Waals surface area contributed by atoms with E-state index in [1.165, 1.54) is 18.2 Å². The summed E-state index contributed by atoms with van der Waals surface area (Å²) in [4.78, 5) is 12.8. The number of hydrogen-bond donors (Lipinski definition) is 0. The molecule has 2 aromatic rings. The molecule has 0 saturated heterocycles. The first-order chi connectivity index (χ1) is 14.2. The van der Waals surface area contributed by atoms with Crippen LogP contribution >= 0.6 is 8.58 Å². The molecule has 0 heterocycles. The van der Waals surface area contributed by atoms with Crippen LogP contribution in [0.4, 0.5) is 26.3 Å². The number of halogens is 6. The number of alkyl halides is 6. The monoisotopic (exact) mass is 474 g/mol. The normalized spacial score (nSPS) is 12.4. The molecule has 2 rings (SSSR count). The van der Waals surface area contributed by atoms with E-state index in [0.29, 0.717) is 23.9 Å². The molecule has 0 bridgehead atoms. The average Bonchev–Trinajstić information content (AvgIpc) is 2.60. The van der Waals surface area contributed by atoms with Gasteiger partial charge in [0.25, 0.3) is 0 Å². The molecule has 11 heteroatoms. The fraction of sp³-hybridized carbons (Fsp3) is 0.381. The zero-order chi connectivity index (χ0) is 23.6. The van der Waals surface area contributed by atoms with Gasteiger partial charge < -0.3 is 9.47 Å². The Balaban J connectivity index is 0.00000512. The van der Waals surface area contributed by atoms with Crippen LogP contribution in [-0.4, -0.2) is 36.6 Å². The van der Waals surface area contributed by atoms with Gasteiger partial charge in [-0.05, 0) is 60.5 Å². The fourth-order valence-corrected chi connectivity index (χ4v) is 3.82. The molecule has 0 saturated carbocycles. The summed E-state index contributed by atoms with van der Waals surface area (Å²) in [5.41, 5.74) is -5.91. The predicted octanol–water partition coefficient (Wildman–Crippen LogP) is 5.79. The van der Waals surface area contributed by atoms with Gasteiger partial charge >= 0.3 is 31.2 Å². The summed E-state index contributed by atoms with van der Waals surface area (Å²) in [5.74, 6) is 0.566. The molecule has 32 heavy (non-hydrogen) atoms. The molecule has 0 fully saturated rings. The molecule has 0 aromatic heterocycles. The first-order valence-corrected chi connectivity index (χ1v) is 10.3. The third kappa shape index (κ3) is 7.43. The predicted molar refractivity (Wildman–Crippen MR) is 114 cm³/mol. The van der Waals surface area contributed by atoms with Gasteiger partial charge in [0, 0.05) is 16.9 Å². The molecule has 172 valence electrons. The molecule has 0 amide bonds. The number of hydrogen-bond acceptors (Lipinski definition) is 3. The summed E-state index contributed by atoms with van der Waals surface area (Å²) in [6, 6.07) is 5.95. The summed E-state index contributed by atoms with van der Waals surface area (Å²) in [6.45, 7) is 6.97. The van der Waals surface area contributed by atoms with Gasteiger partial charge in [0.1, 0.15) is 11.5 Å². The summed E-state index contributed by atoms with van der Waals surface area (Å²) in [6.07, 6.45) is -10.8. The van der Waals surface area contributed by atoms with Crippen LogP contribution in [0.1, 0.15) is 49.2 Å². The maximum atomic E-state index is 13.4. The fourth-order valence-electron chi connectivity index (χ4n) is 2.76. The first kappa shape index (κ1) is 28.4. The molecule has 2 aromatic carbocycles.